The van der Waals surface area contributed by atoms with Gasteiger partial charge in [0.05, 0.1) is 11.7 Å². The van der Waals surface area contributed by atoms with Crippen LogP contribution < -0.4 is 5.32 Å². The molecule has 1 aliphatic rings. The van der Waals surface area contributed by atoms with Crippen LogP contribution in [0.5, 0.6) is 0 Å². The van der Waals surface area contributed by atoms with E-state index in [4.69, 9.17) is 9.84 Å². The van der Waals surface area contributed by atoms with Crippen LogP contribution in [-0.4, -0.2) is 36.2 Å². The summed E-state index contributed by atoms with van der Waals surface area (Å²) < 4.78 is 5.48. The number of nitrogens with one attached hydrogen (secondary N) is 1. The first-order valence-electron chi connectivity index (χ1n) is 7.92. The fraction of sp³-hybridized carbons (Fsp3) is 0.556. The summed E-state index contributed by atoms with van der Waals surface area (Å²) in [6.07, 6.45) is 0.839. The van der Waals surface area contributed by atoms with Crippen LogP contribution >= 0.6 is 0 Å². The van der Waals surface area contributed by atoms with Crippen LogP contribution in [0.3, 0.4) is 0 Å². The lowest BCUT2D eigenvalue weighted by Gasteiger charge is -2.56. The van der Waals surface area contributed by atoms with Gasteiger partial charge in [0.25, 0.3) is 0 Å². The van der Waals surface area contributed by atoms with E-state index in [0.29, 0.717) is 12.0 Å². The Morgan fingerprint density at radius 2 is 1.96 bits per heavy atom. The van der Waals surface area contributed by atoms with E-state index in [0.717, 1.165) is 0 Å². The molecule has 1 fully saturated rings. The Hall–Kier alpha value is -1.88. The highest BCUT2D eigenvalue weighted by Gasteiger charge is 2.55. The average molecular weight is 319 g/mol. The van der Waals surface area contributed by atoms with E-state index in [1.165, 1.54) is 0 Å². The van der Waals surface area contributed by atoms with E-state index in [2.05, 4.69) is 26.1 Å². The van der Waals surface area contributed by atoms with Gasteiger partial charge in [-0.3, -0.25) is 4.79 Å². The van der Waals surface area contributed by atoms with Gasteiger partial charge in [-0.1, -0.05) is 39.0 Å². The number of carboxylic acid groups (broad SMARTS) is 1. The van der Waals surface area contributed by atoms with Crippen LogP contribution in [0, 0.1) is 11.3 Å². The molecular weight excluding hydrogens is 294 g/mol. The molecule has 5 nitrogen and oxygen atoms in total. The molecule has 0 heterocycles. The summed E-state index contributed by atoms with van der Waals surface area (Å²) in [5.41, 5.74) is 0.853. The third-order valence-electron chi connectivity index (χ3n) is 4.98. The molecule has 0 aliphatic heterocycles. The van der Waals surface area contributed by atoms with Gasteiger partial charge in [0.15, 0.2) is 0 Å². The lowest BCUT2D eigenvalue weighted by Crippen LogP contribution is -2.67. The van der Waals surface area contributed by atoms with Crippen molar-refractivity contribution in [3.8, 4) is 0 Å². The highest BCUT2D eigenvalue weighted by Crippen LogP contribution is 2.46. The zero-order valence-corrected chi connectivity index (χ0v) is 14.1. The summed E-state index contributed by atoms with van der Waals surface area (Å²) in [6.45, 7) is 6.25. The van der Waals surface area contributed by atoms with Gasteiger partial charge in [-0.05, 0) is 18.1 Å². The van der Waals surface area contributed by atoms with E-state index in [-0.39, 0.29) is 41.4 Å². The summed E-state index contributed by atoms with van der Waals surface area (Å²) in [5.74, 6) is -0.743. The van der Waals surface area contributed by atoms with Crippen molar-refractivity contribution in [3.05, 3.63) is 35.4 Å². The lowest BCUT2D eigenvalue weighted by molar-refractivity contribution is -0.154. The number of benzene rings is 1. The Morgan fingerprint density at radius 1 is 1.30 bits per heavy atom. The third kappa shape index (κ3) is 3.39. The zero-order valence-electron chi connectivity index (χ0n) is 14.1. The van der Waals surface area contributed by atoms with Gasteiger partial charge < -0.3 is 15.2 Å². The number of carboxylic acids is 1. The molecule has 2 N–H and O–H groups in total. The number of ether oxygens (including phenoxy) is 1. The molecule has 3 unspecified atom stereocenters. The summed E-state index contributed by atoms with van der Waals surface area (Å²) in [5, 5.41) is 12.2. The summed E-state index contributed by atoms with van der Waals surface area (Å²) in [4.78, 5) is 23.4. The molecule has 2 rings (SSSR count). The minimum absolute atomic E-state index is 0.0512. The molecule has 23 heavy (non-hydrogen) atoms. The Balaban J connectivity index is 1.93. The Kier molecular flexibility index (Phi) is 5.09. The van der Waals surface area contributed by atoms with Crippen molar-refractivity contribution in [1.29, 1.82) is 0 Å². The lowest BCUT2D eigenvalue weighted by atomic mass is 9.58. The van der Waals surface area contributed by atoms with Gasteiger partial charge in [-0.25, -0.2) is 4.79 Å². The van der Waals surface area contributed by atoms with Crippen LogP contribution in [-0.2, 0) is 16.0 Å². The molecule has 0 spiro atoms. The minimum atomic E-state index is -0.960. The van der Waals surface area contributed by atoms with E-state index >= 15 is 0 Å². The summed E-state index contributed by atoms with van der Waals surface area (Å²) >= 11 is 0. The second kappa shape index (κ2) is 6.71. The fourth-order valence-electron chi connectivity index (χ4n) is 3.86. The number of carbonyl (C=O) groups is 2. The zero-order chi connectivity index (χ0) is 17.2. The summed E-state index contributed by atoms with van der Waals surface area (Å²) in [7, 11) is 1.70. The van der Waals surface area contributed by atoms with Crippen LogP contribution in [0.2, 0.25) is 0 Å². The third-order valence-corrected chi connectivity index (χ3v) is 4.98. The van der Waals surface area contributed by atoms with Crippen molar-refractivity contribution in [3.63, 3.8) is 0 Å². The van der Waals surface area contributed by atoms with Gasteiger partial charge in [-0.15, -0.1) is 0 Å². The van der Waals surface area contributed by atoms with E-state index in [1.54, 1.807) is 31.4 Å². The fourth-order valence-corrected chi connectivity index (χ4v) is 3.86. The van der Waals surface area contributed by atoms with Gasteiger partial charge >= 0.3 is 5.97 Å². The second-order valence-electron chi connectivity index (χ2n) is 6.84. The first-order valence-corrected chi connectivity index (χ1v) is 7.92. The van der Waals surface area contributed by atoms with Crippen molar-refractivity contribution in [1.82, 2.24) is 5.32 Å². The van der Waals surface area contributed by atoms with Gasteiger partial charge in [-0.2, -0.15) is 0 Å². The summed E-state index contributed by atoms with van der Waals surface area (Å²) in [6, 6.07) is 6.88. The van der Waals surface area contributed by atoms with Gasteiger partial charge in [0.1, 0.15) is 0 Å². The quantitative estimate of drug-likeness (QED) is 0.844. The molecule has 0 radical (unpaired) electrons. The number of amides is 1. The van der Waals surface area contributed by atoms with Crippen molar-refractivity contribution in [2.24, 2.45) is 11.3 Å². The van der Waals surface area contributed by atoms with Crippen LogP contribution in [0.1, 0.15) is 43.1 Å². The molecule has 5 heteroatoms. The van der Waals surface area contributed by atoms with Crippen LogP contribution in [0.25, 0.3) is 0 Å². The van der Waals surface area contributed by atoms with E-state index in [1.807, 2.05) is 0 Å². The van der Waals surface area contributed by atoms with E-state index < -0.39 is 5.97 Å². The predicted octanol–water partition coefficient (Wildman–Crippen LogP) is 2.49. The van der Waals surface area contributed by atoms with E-state index in [9.17, 15) is 9.59 Å². The first kappa shape index (κ1) is 17.5. The number of hydrogen-bond acceptors (Lipinski definition) is 3. The molecule has 1 saturated carbocycles. The maximum atomic E-state index is 12.2. The van der Waals surface area contributed by atoms with Gasteiger partial charge in [0.2, 0.25) is 5.91 Å². The number of hydrogen-bond donors (Lipinski definition) is 2. The number of carbonyl (C=O) groups excluding carboxylic acids is 1. The van der Waals surface area contributed by atoms with Crippen molar-refractivity contribution >= 4 is 11.9 Å². The first-order chi connectivity index (χ1) is 10.8. The maximum Gasteiger partial charge on any atom is 0.335 e. The van der Waals surface area contributed by atoms with Gasteiger partial charge in [0, 0.05) is 30.9 Å². The molecule has 0 bridgehead atoms. The number of methoxy groups -OCH3 is 1. The molecule has 1 aliphatic carbocycles. The SMILES string of the molecule is COC1C(C)C(NC(=O)CCc2ccccc2C(=O)O)C1(C)C. The Morgan fingerprint density at radius 3 is 2.52 bits per heavy atom. The minimum Gasteiger partial charge on any atom is -0.478 e. The van der Waals surface area contributed by atoms with Crippen molar-refractivity contribution in [2.75, 3.05) is 7.11 Å². The van der Waals surface area contributed by atoms with Crippen LogP contribution in [0.15, 0.2) is 24.3 Å². The largest absolute Gasteiger partial charge is 0.478 e. The second-order valence-corrected chi connectivity index (χ2v) is 6.84. The standard InChI is InChI=1S/C18H25NO4/c1-11-15(18(2,3)16(11)23-4)19-14(20)10-9-12-7-5-6-8-13(12)17(21)22/h5-8,11,15-16H,9-10H2,1-4H3,(H,19,20)(H,21,22). The highest BCUT2D eigenvalue weighted by atomic mass is 16.5. The van der Waals surface area contributed by atoms with Crippen molar-refractivity contribution < 1.29 is 19.4 Å². The smallest absolute Gasteiger partial charge is 0.335 e. The predicted molar refractivity (Wildman–Crippen MR) is 87.4 cm³/mol. The molecule has 3 atom stereocenters. The molecule has 0 aromatic heterocycles. The Labute approximate surface area is 137 Å². The number of aromatic carboxylic acids is 1. The number of aryl methyl sites for hydroxylation is 1. The molecule has 1 amide bonds. The normalized spacial score (nSPS) is 25.5. The van der Waals surface area contributed by atoms with Crippen LogP contribution in [0.4, 0.5) is 0 Å². The highest BCUT2D eigenvalue weighted by molar-refractivity contribution is 5.89. The molecule has 1 aromatic carbocycles. The number of rotatable bonds is 6. The monoisotopic (exact) mass is 319 g/mol. The average Bonchev–Trinajstić information content (AvgIpc) is 2.51. The topological polar surface area (TPSA) is 75.6 Å². The molecule has 0 saturated heterocycles. The maximum absolute atomic E-state index is 12.2. The molecule has 1 aromatic rings. The molecule has 126 valence electrons. The molecular formula is C18H25NO4. The Bertz CT molecular complexity index is 596. The van der Waals surface area contributed by atoms with Crippen molar-refractivity contribution in [2.45, 2.75) is 45.8 Å².